The molecule has 5 nitrogen and oxygen atoms in total. The molecule has 1 aliphatic rings. The third-order valence-electron chi connectivity index (χ3n) is 4.26. The van der Waals surface area contributed by atoms with E-state index in [2.05, 4.69) is 4.98 Å². The minimum Gasteiger partial charge on any atom is -0.400 e. The van der Waals surface area contributed by atoms with Crippen molar-refractivity contribution >= 4 is 35.9 Å². The molecule has 2 N–H and O–H groups in total. The molecule has 1 aromatic rings. The van der Waals surface area contributed by atoms with Gasteiger partial charge in [0.15, 0.2) is 5.12 Å². The van der Waals surface area contributed by atoms with Crippen LogP contribution in [0.1, 0.15) is 40.2 Å². The Morgan fingerprint density at radius 3 is 2.50 bits per heavy atom. The van der Waals surface area contributed by atoms with Gasteiger partial charge in [-0.25, -0.2) is 9.37 Å². The van der Waals surface area contributed by atoms with Gasteiger partial charge in [-0.3, -0.25) is 4.79 Å². The molecule has 2 heterocycles. The zero-order valence-corrected chi connectivity index (χ0v) is 15.4. The summed E-state index contributed by atoms with van der Waals surface area (Å²) < 4.78 is 25.5. The van der Waals surface area contributed by atoms with Gasteiger partial charge in [0.05, 0.1) is 17.4 Å². The number of carbonyl (C=O) groups is 1. The van der Waals surface area contributed by atoms with Gasteiger partial charge in [0, 0.05) is 18.2 Å². The molecule has 130 valence electrons. The van der Waals surface area contributed by atoms with Crippen LogP contribution in [0.15, 0.2) is 17.7 Å². The van der Waals surface area contributed by atoms with Crippen molar-refractivity contribution in [1.82, 2.24) is 4.98 Å². The number of anilines is 1. The van der Waals surface area contributed by atoms with Crippen LogP contribution in [-0.2, 0) is 14.1 Å². The van der Waals surface area contributed by atoms with E-state index in [0.717, 1.165) is 18.0 Å². The second-order valence-corrected chi connectivity index (χ2v) is 7.87. The topological polar surface area (TPSA) is 74.4 Å². The molecule has 24 heavy (non-hydrogen) atoms. The first-order valence-electron chi connectivity index (χ1n) is 7.62. The maximum Gasteiger partial charge on any atom is 0.491 e. The molecule has 1 aliphatic heterocycles. The molecule has 1 saturated heterocycles. The van der Waals surface area contributed by atoms with Gasteiger partial charge < -0.3 is 15.0 Å². The van der Waals surface area contributed by atoms with Crippen molar-refractivity contribution in [3.05, 3.63) is 29.1 Å². The Bertz CT molecular complexity index is 663. The lowest BCUT2D eigenvalue weighted by atomic mass is 9.78. The van der Waals surface area contributed by atoms with Crippen LogP contribution in [0, 0.1) is 5.82 Å². The van der Waals surface area contributed by atoms with E-state index in [-0.39, 0.29) is 10.9 Å². The highest BCUT2D eigenvalue weighted by atomic mass is 32.2. The van der Waals surface area contributed by atoms with Crippen molar-refractivity contribution in [2.45, 2.75) is 45.8 Å². The number of nitrogens with two attached hydrogens (primary N) is 1. The minimum absolute atomic E-state index is 0.0252. The molecular formula is C16H22BFN2O3S. The van der Waals surface area contributed by atoms with Crippen molar-refractivity contribution < 1.29 is 18.5 Å². The number of rotatable bonds is 4. The van der Waals surface area contributed by atoms with Gasteiger partial charge in [0.1, 0.15) is 11.6 Å². The van der Waals surface area contributed by atoms with Crippen molar-refractivity contribution in [2.75, 3.05) is 11.5 Å². The number of carbonyl (C=O) groups excluding carboxylic acids is 1. The summed E-state index contributed by atoms with van der Waals surface area (Å²) in [6.07, 6.45) is 2.74. The normalized spacial score (nSPS) is 19.6. The standard InChI is InChI=1S/C16H22BFN2O3S/c1-10(21)24-9-12(6-11-7-13(18)8-20-14(11)19)17-22-15(2,3)16(4,5)23-17/h6-8H,9H2,1-5H3,(H2,19,20). The van der Waals surface area contributed by atoms with Crippen LogP contribution in [0.3, 0.4) is 0 Å². The number of thioether (sulfide) groups is 1. The number of halogens is 1. The maximum atomic E-state index is 13.5. The maximum absolute atomic E-state index is 13.5. The van der Waals surface area contributed by atoms with Crippen LogP contribution in [-0.4, -0.2) is 34.2 Å². The van der Waals surface area contributed by atoms with E-state index in [4.69, 9.17) is 15.0 Å². The molecule has 0 amide bonds. The molecular weight excluding hydrogens is 330 g/mol. The Balaban J connectivity index is 2.37. The number of nitrogen functional groups attached to an aromatic ring is 1. The summed E-state index contributed by atoms with van der Waals surface area (Å²) in [4.78, 5) is 15.2. The van der Waals surface area contributed by atoms with E-state index in [1.54, 1.807) is 6.08 Å². The largest absolute Gasteiger partial charge is 0.491 e. The third kappa shape index (κ3) is 4.17. The van der Waals surface area contributed by atoms with Crippen LogP contribution >= 0.6 is 11.8 Å². The predicted molar refractivity (Wildman–Crippen MR) is 95.8 cm³/mol. The molecule has 0 aromatic carbocycles. The lowest BCUT2D eigenvalue weighted by molar-refractivity contribution is -0.109. The lowest BCUT2D eigenvalue weighted by Gasteiger charge is -2.32. The molecule has 0 unspecified atom stereocenters. The average molecular weight is 352 g/mol. The smallest absolute Gasteiger partial charge is 0.400 e. The SMILES string of the molecule is CC(=O)SCC(=Cc1cc(F)cnc1N)B1OC(C)(C)C(C)(C)O1. The quantitative estimate of drug-likeness (QED) is 0.840. The van der Waals surface area contributed by atoms with E-state index in [0.29, 0.717) is 16.8 Å². The van der Waals surface area contributed by atoms with E-state index >= 15 is 0 Å². The Morgan fingerprint density at radius 2 is 1.96 bits per heavy atom. The molecule has 0 spiro atoms. The molecule has 8 heteroatoms. The first-order chi connectivity index (χ1) is 11.0. The molecule has 0 aliphatic carbocycles. The highest BCUT2D eigenvalue weighted by molar-refractivity contribution is 8.13. The number of hydrogen-bond donors (Lipinski definition) is 1. The van der Waals surface area contributed by atoms with E-state index in [9.17, 15) is 9.18 Å². The number of hydrogen-bond acceptors (Lipinski definition) is 6. The average Bonchev–Trinajstić information content (AvgIpc) is 2.66. The van der Waals surface area contributed by atoms with Crippen LogP contribution in [0.2, 0.25) is 0 Å². The summed E-state index contributed by atoms with van der Waals surface area (Å²) >= 11 is 1.13. The van der Waals surface area contributed by atoms with Crippen molar-refractivity contribution in [3.63, 3.8) is 0 Å². The fourth-order valence-corrected chi connectivity index (χ4v) is 2.73. The summed E-state index contributed by atoms with van der Waals surface area (Å²) in [5.41, 5.74) is 5.94. The monoisotopic (exact) mass is 352 g/mol. The Kier molecular flexibility index (Phi) is 5.42. The summed E-state index contributed by atoms with van der Waals surface area (Å²) in [7, 11) is -0.635. The van der Waals surface area contributed by atoms with Gasteiger partial charge in [0.2, 0.25) is 0 Å². The Labute approximate surface area is 146 Å². The number of aromatic nitrogens is 1. The summed E-state index contributed by atoms with van der Waals surface area (Å²) in [5, 5.41) is -0.0252. The van der Waals surface area contributed by atoms with Gasteiger partial charge in [-0.05, 0) is 39.2 Å². The van der Waals surface area contributed by atoms with Crippen molar-refractivity contribution in [1.29, 1.82) is 0 Å². The van der Waals surface area contributed by atoms with Crippen LogP contribution in [0.5, 0.6) is 0 Å². The molecule has 0 radical (unpaired) electrons. The molecule has 0 bridgehead atoms. The van der Waals surface area contributed by atoms with Gasteiger partial charge in [-0.2, -0.15) is 0 Å². The van der Waals surface area contributed by atoms with Crippen molar-refractivity contribution in [2.24, 2.45) is 0 Å². The van der Waals surface area contributed by atoms with E-state index in [1.165, 1.54) is 13.0 Å². The Hall–Kier alpha value is -1.38. The van der Waals surface area contributed by atoms with Crippen LogP contribution in [0.4, 0.5) is 10.2 Å². The second kappa shape index (κ2) is 6.86. The first kappa shape index (κ1) is 19.0. The summed E-state index contributed by atoms with van der Waals surface area (Å²) in [6, 6.07) is 1.30. The van der Waals surface area contributed by atoms with E-state index in [1.807, 2.05) is 27.7 Å². The predicted octanol–water partition coefficient (Wildman–Crippen LogP) is 3.10. The van der Waals surface area contributed by atoms with Crippen molar-refractivity contribution in [3.8, 4) is 0 Å². The first-order valence-corrected chi connectivity index (χ1v) is 8.61. The minimum atomic E-state index is -0.635. The summed E-state index contributed by atoms with van der Waals surface area (Å²) in [6.45, 7) is 9.27. The molecule has 1 aromatic heterocycles. The third-order valence-corrected chi connectivity index (χ3v) is 5.14. The zero-order chi connectivity index (χ0) is 18.1. The Morgan fingerprint density at radius 1 is 1.38 bits per heavy atom. The lowest BCUT2D eigenvalue weighted by Crippen LogP contribution is -2.41. The van der Waals surface area contributed by atoms with Crippen LogP contribution < -0.4 is 5.73 Å². The second-order valence-electron chi connectivity index (χ2n) is 6.72. The molecule has 1 fully saturated rings. The highest BCUT2D eigenvalue weighted by Gasteiger charge is 2.52. The van der Waals surface area contributed by atoms with Gasteiger partial charge in [-0.15, -0.1) is 0 Å². The molecule has 2 rings (SSSR count). The fraction of sp³-hybridized carbons (Fsp3) is 0.500. The van der Waals surface area contributed by atoms with Gasteiger partial charge >= 0.3 is 7.12 Å². The number of pyridine rings is 1. The molecule has 0 saturated carbocycles. The van der Waals surface area contributed by atoms with Crippen LogP contribution in [0.25, 0.3) is 6.08 Å². The molecule has 0 atom stereocenters. The van der Waals surface area contributed by atoms with Gasteiger partial charge in [0.25, 0.3) is 0 Å². The summed E-state index contributed by atoms with van der Waals surface area (Å²) in [5.74, 6) is 0.0865. The van der Waals surface area contributed by atoms with E-state index < -0.39 is 24.1 Å². The fourth-order valence-electron chi connectivity index (χ4n) is 2.14. The van der Waals surface area contributed by atoms with Gasteiger partial charge in [-0.1, -0.05) is 17.8 Å². The number of nitrogens with zero attached hydrogens (tertiary/aromatic N) is 1. The highest BCUT2D eigenvalue weighted by Crippen LogP contribution is 2.39. The zero-order valence-electron chi connectivity index (χ0n) is 14.6.